The predicted molar refractivity (Wildman–Crippen MR) is 84.3 cm³/mol. The van der Waals surface area contributed by atoms with Gasteiger partial charge in [-0.25, -0.2) is 0 Å². The quantitative estimate of drug-likeness (QED) is 0.336. The van der Waals surface area contributed by atoms with Gasteiger partial charge in [0, 0.05) is 0 Å². The van der Waals surface area contributed by atoms with Crippen molar-refractivity contribution in [2.75, 3.05) is 0 Å². The van der Waals surface area contributed by atoms with E-state index >= 15 is 0 Å². The van der Waals surface area contributed by atoms with Crippen LogP contribution in [0.25, 0.3) is 0 Å². The summed E-state index contributed by atoms with van der Waals surface area (Å²) in [4.78, 5) is 0. The Labute approximate surface area is 161 Å². The minimum absolute atomic E-state index is 0. The molecule has 1 N–H and O–H groups in total. The summed E-state index contributed by atoms with van der Waals surface area (Å²) >= 11 is 0. The van der Waals surface area contributed by atoms with Gasteiger partial charge in [-0.15, -0.1) is 0 Å². The summed E-state index contributed by atoms with van der Waals surface area (Å²) in [6, 6.07) is 0. The van der Waals surface area contributed by atoms with Crippen molar-refractivity contribution in [1.82, 2.24) is 0 Å². The van der Waals surface area contributed by atoms with E-state index in [9.17, 15) is 8.42 Å². The summed E-state index contributed by atoms with van der Waals surface area (Å²) in [5.74, 6) is 0. The maximum absolute atomic E-state index is 10.4. The fourth-order valence-electron chi connectivity index (χ4n) is 1.94. The molecule has 19 heavy (non-hydrogen) atoms. The minimum atomic E-state index is -3.92. The normalized spacial score (nSPS) is 11.7. The van der Waals surface area contributed by atoms with Crippen molar-refractivity contribution >= 4 is 61.5 Å². The average Bonchev–Trinajstić information content (AvgIpc) is 2.29. The molecule has 0 aromatic rings. The van der Waals surface area contributed by atoms with E-state index < -0.39 is 10.1 Å². The van der Waals surface area contributed by atoms with E-state index in [-0.39, 0.29) is 51.4 Å². The third-order valence-corrected chi connectivity index (χ3v) is 3.53. The second-order valence-corrected chi connectivity index (χ2v) is 6.16. The van der Waals surface area contributed by atoms with Gasteiger partial charge in [-0.3, -0.25) is 4.55 Å². The van der Waals surface area contributed by atoms with Gasteiger partial charge in [-0.2, -0.15) is 8.42 Å². The van der Waals surface area contributed by atoms with Crippen molar-refractivity contribution in [3.8, 4) is 0 Å². The third-order valence-electron chi connectivity index (χ3n) is 2.99. The van der Waals surface area contributed by atoms with Crippen LogP contribution in [0.2, 0.25) is 0 Å². The molecule has 0 aliphatic carbocycles. The second-order valence-electron chi connectivity index (χ2n) is 4.86. The van der Waals surface area contributed by atoms with Crippen LogP contribution in [0.4, 0.5) is 0 Å². The van der Waals surface area contributed by atoms with Crippen LogP contribution >= 0.6 is 0 Å². The number of hydrogen-bond donors (Lipinski definition) is 1. The van der Waals surface area contributed by atoms with Gasteiger partial charge < -0.3 is 0 Å². The van der Waals surface area contributed by atoms with Gasteiger partial charge in [0.1, 0.15) is 0 Å². The first-order chi connectivity index (χ1) is 8.56. The molecule has 0 aliphatic rings. The zero-order chi connectivity index (χ0) is 13.7. The average molecular weight is 317 g/mol. The number of allylic oxidation sites excluding steroid dienone is 1. The van der Waals surface area contributed by atoms with Crippen LogP contribution < -0.4 is 0 Å². The molecule has 0 saturated heterocycles. The van der Waals surface area contributed by atoms with E-state index in [0.717, 1.165) is 24.7 Å². The summed E-state index contributed by atoms with van der Waals surface area (Å²) in [5, 5.41) is 0.876. The molecule has 0 unspecified atom stereocenters. The monoisotopic (exact) mass is 316 g/mol. The molecule has 3 nitrogen and oxygen atoms in total. The summed E-state index contributed by atoms with van der Waals surface area (Å²) in [6.45, 7) is 2.23. The van der Waals surface area contributed by atoms with Gasteiger partial charge in [-0.1, -0.05) is 70.8 Å². The standard InChI is InChI=1S/C14H28O3S.K.H/c1-2-3-4-5-6-7-8-9-10-11-12-13-14-18(15,16)17;;/h13-14H,2-12H2,1H3,(H,15,16,17);;. The Kier molecular flexibility index (Phi) is 18.6. The van der Waals surface area contributed by atoms with Crippen LogP contribution in [0.3, 0.4) is 0 Å². The van der Waals surface area contributed by atoms with E-state index in [4.69, 9.17) is 4.55 Å². The molecule has 0 heterocycles. The van der Waals surface area contributed by atoms with E-state index in [2.05, 4.69) is 6.92 Å². The number of unbranched alkanes of at least 4 members (excludes halogenated alkanes) is 10. The van der Waals surface area contributed by atoms with Crippen LogP contribution in [0.15, 0.2) is 11.5 Å². The zero-order valence-corrected chi connectivity index (χ0v) is 12.4. The van der Waals surface area contributed by atoms with Crippen molar-refractivity contribution in [2.24, 2.45) is 0 Å². The summed E-state index contributed by atoms with van der Waals surface area (Å²) in [7, 11) is -3.92. The van der Waals surface area contributed by atoms with Gasteiger partial charge in [0.05, 0.1) is 5.41 Å². The number of hydrogen-bond acceptors (Lipinski definition) is 2. The predicted octanol–water partition coefficient (Wildman–Crippen LogP) is 4.05. The van der Waals surface area contributed by atoms with E-state index in [1.165, 1.54) is 57.4 Å². The fraction of sp³-hybridized carbons (Fsp3) is 0.857. The summed E-state index contributed by atoms with van der Waals surface area (Å²) in [6.07, 6.45) is 15.0. The summed E-state index contributed by atoms with van der Waals surface area (Å²) in [5.41, 5.74) is 0. The second kappa shape index (κ2) is 15.7. The Morgan fingerprint density at radius 2 is 1.26 bits per heavy atom. The molecule has 0 atom stereocenters. The molecule has 0 rings (SSSR count). The Balaban J connectivity index is 0. The molecule has 0 spiro atoms. The first-order valence-corrected chi connectivity index (χ1v) is 8.70. The van der Waals surface area contributed by atoms with Crippen LogP contribution in [0.1, 0.15) is 77.6 Å². The van der Waals surface area contributed by atoms with Gasteiger partial charge in [0.2, 0.25) is 0 Å². The molecule has 0 aliphatic heterocycles. The van der Waals surface area contributed by atoms with Crippen molar-refractivity contribution in [2.45, 2.75) is 77.6 Å². The molecule has 0 aromatic heterocycles. The fourth-order valence-corrected chi connectivity index (χ4v) is 2.32. The molecule has 0 aromatic carbocycles. The van der Waals surface area contributed by atoms with Crippen molar-refractivity contribution in [3.05, 3.63) is 11.5 Å². The van der Waals surface area contributed by atoms with Crippen molar-refractivity contribution < 1.29 is 13.0 Å². The topological polar surface area (TPSA) is 54.4 Å². The molecular weight excluding hydrogens is 287 g/mol. The third kappa shape index (κ3) is 21.7. The Morgan fingerprint density at radius 3 is 1.68 bits per heavy atom. The number of rotatable bonds is 12. The van der Waals surface area contributed by atoms with Gasteiger partial charge in [0.15, 0.2) is 0 Å². The Morgan fingerprint density at radius 1 is 0.842 bits per heavy atom. The molecule has 0 amide bonds. The van der Waals surface area contributed by atoms with Crippen LogP contribution in [0, 0.1) is 0 Å². The van der Waals surface area contributed by atoms with E-state index in [1.54, 1.807) is 0 Å². The molecule has 0 saturated carbocycles. The molecule has 110 valence electrons. The van der Waals surface area contributed by atoms with Crippen LogP contribution in [-0.4, -0.2) is 64.4 Å². The molecule has 0 fully saturated rings. The van der Waals surface area contributed by atoms with E-state index in [1.807, 2.05) is 0 Å². The van der Waals surface area contributed by atoms with Gasteiger partial charge >= 0.3 is 51.4 Å². The zero-order valence-electron chi connectivity index (χ0n) is 11.6. The summed E-state index contributed by atoms with van der Waals surface area (Å²) < 4.78 is 29.2. The SMILES string of the molecule is CCCCCCCCCCCCC=CS(=O)(=O)O.[KH]. The van der Waals surface area contributed by atoms with Crippen LogP contribution in [0.5, 0.6) is 0 Å². The van der Waals surface area contributed by atoms with Gasteiger partial charge in [0.25, 0.3) is 10.1 Å². The Bertz CT molecular complexity index is 300. The maximum atomic E-state index is 10.4. The molecule has 0 bridgehead atoms. The Hall–Kier alpha value is 1.29. The van der Waals surface area contributed by atoms with E-state index in [0.29, 0.717) is 0 Å². The van der Waals surface area contributed by atoms with Crippen LogP contribution in [-0.2, 0) is 10.1 Å². The molecule has 5 heteroatoms. The molecular formula is C14H29KO3S. The molecule has 0 radical (unpaired) electrons. The first kappa shape index (κ1) is 22.6. The first-order valence-electron chi connectivity index (χ1n) is 7.20. The van der Waals surface area contributed by atoms with Crippen molar-refractivity contribution in [1.29, 1.82) is 0 Å². The van der Waals surface area contributed by atoms with Gasteiger partial charge in [-0.05, 0) is 12.8 Å². The van der Waals surface area contributed by atoms with Crippen molar-refractivity contribution in [3.63, 3.8) is 0 Å².